The molecule has 0 bridgehead atoms. The molecule has 1 fully saturated rings. The van der Waals surface area contributed by atoms with Crippen LogP contribution in [0.15, 0.2) is 54.7 Å². The second kappa shape index (κ2) is 11.5. The highest BCUT2D eigenvalue weighted by molar-refractivity contribution is 6.38. The predicted molar refractivity (Wildman–Crippen MR) is 135 cm³/mol. The monoisotopic (exact) mass is 504 g/mol. The van der Waals surface area contributed by atoms with Crippen LogP contribution in [0.25, 0.3) is 10.9 Å². The molecule has 2 aromatic carbocycles. The van der Waals surface area contributed by atoms with Crippen LogP contribution in [0.2, 0.25) is 0 Å². The molecular weight excluding hydrogens is 476 g/mol. The number of likely N-dealkylation sites (tertiary alicyclic amines) is 1. The van der Waals surface area contributed by atoms with E-state index in [0.717, 1.165) is 5.56 Å². The first-order valence-electron chi connectivity index (χ1n) is 11.9. The highest BCUT2D eigenvalue weighted by Gasteiger charge is 2.37. The molecule has 0 radical (unpaired) electrons. The molecule has 0 unspecified atom stereocenters. The van der Waals surface area contributed by atoms with Gasteiger partial charge in [-0.3, -0.25) is 24.2 Å². The molecule has 3 aromatic rings. The topological polar surface area (TPSA) is 127 Å². The van der Waals surface area contributed by atoms with E-state index < -0.39 is 29.5 Å². The number of rotatable bonds is 9. The van der Waals surface area contributed by atoms with Gasteiger partial charge in [-0.15, -0.1) is 0 Å². The lowest BCUT2D eigenvalue weighted by Gasteiger charge is -2.23. The molecule has 1 aliphatic heterocycles. The number of carbonyl (C=O) groups excluding carboxylic acids is 4. The number of nitrogens with zero attached hydrogens (tertiary/aromatic N) is 2. The molecule has 1 aromatic heterocycles. The minimum atomic E-state index is -0.864. The fraction of sp³-hybridized carbons (Fsp3) is 0.296. The van der Waals surface area contributed by atoms with Crippen LogP contribution < -0.4 is 20.1 Å². The number of para-hydroxylation sites is 1. The maximum Gasteiger partial charge on any atom is 0.289 e. The van der Waals surface area contributed by atoms with E-state index in [4.69, 9.17) is 9.47 Å². The highest BCUT2D eigenvalue weighted by Crippen LogP contribution is 2.27. The molecule has 10 heteroatoms. The van der Waals surface area contributed by atoms with Crippen molar-refractivity contribution in [2.45, 2.75) is 25.4 Å². The van der Waals surface area contributed by atoms with Crippen LogP contribution in [0.1, 0.15) is 28.8 Å². The lowest BCUT2D eigenvalue weighted by atomic mass is 10.1. The highest BCUT2D eigenvalue weighted by atomic mass is 16.5. The molecule has 0 aliphatic carbocycles. The standard InChI is InChI=1S/C27H28N4O6/c1-36-22-10-9-17(14-23(22)37-2)15-29-27(35)25(33)21-8-5-13-31(21)24(32)16-30-26(34)19-11-12-28-20-7-4-3-6-18(19)20/h3-4,6-7,9-12,14,21H,5,8,13,15-16H2,1-2H3,(H,29,35)(H,30,34)/t21-/m0/s1. The van der Waals surface area contributed by atoms with Crippen LogP contribution in [-0.2, 0) is 20.9 Å². The molecule has 1 aliphatic rings. The average molecular weight is 505 g/mol. The predicted octanol–water partition coefficient (Wildman–Crippen LogP) is 1.86. The summed E-state index contributed by atoms with van der Waals surface area (Å²) in [6, 6.07) is 13.1. The molecule has 10 nitrogen and oxygen atoms in total. The Kier molecular flexibility index (Phi) is 7.97. The number of benzene rings is 2. The number of amides is 3. The Hall–Kier alpha value is -4.47. The molecule has 1 saturated heterocycles. The van der Waals surface area contributed by atoms with Crippen LogP contribution >= 0.6 is 0 Å². The Morgan fingerprint density at radius 3 is 2.57 bits per heavy atom. The normalized spacial score (nSPS) is 14.8. The largest absolute Gasteiger partial charge is 0.493 e. The Bertz CT molecular complexity index is 1340. The van der Waals surface area contributed by atoms with Gasteiger partial charge in [0.15, 0.2) is 11.5 Å². The first-order chi connectivity index (χ1) is 17.9. The third-order valence-corrected chi connectivity index (χ3v) is 6.29. The van der Waals surface area contributed by atoms with Gasteiger partial charge in [-0.05, 0) is 42.7 Å². The van der Waals surface area contributed by atoms with Gasteiger partial charge in [0.2, 0.25) is 11.7 Å². The molecule has 0 saturated carbocycles. The number of nitrogens with one attached hydrogen (secondary N) is 2. The van der Waals surface area contributed by atoms with E-state index in [9.17, 15) is 19.2 Å². The molecule has 2 heterocycles. The van der Waals surface area contributed by atoms with Crippen molar-refractivity contribution in [1.82, 2.24) is 20.5 Å². The van der Waals surface area contributed by atoms with E-state index in [1.807, 2.05) is 12.1 Å². The lowest BCUT2D eigenvalue weighted by molar-refractivity contribution is -0.144. The molecule has 192 valence electrons. The summed E-state index contributed by atoms with van der Waals surface area (Å²) in [5.41, 5.74) is 1.80. The summed E-state index contributed by atoms with van der Waals surface area (Å²) < 4.78 is 10.5. The Morgan fingerprint density at radius 1 is 1.00 bits per heavy atom. The van der Waals surface area contributed by atoms with Gasteiger partial charge in [-0.25, -0.2) is 0 Å². The zero-order valence-electron chi connectivity index (χ0n) is 20.7. The van der Waals surface area contributed by atoms with Crippen LogP contribution in [-0.4, -0.2) is 66.7 Å². The number of hydrogen-bond donors (Lipinski definition) is 2. The van der Waals surface area contributed by atoms with Gasteiger partial charge in [0.05, 0.1) is 31.8 Å². The fourth-order valence-corrected chi connectivity index (χ4v) is 4.40. The van der Waals surface area contributed by atoms with Gasteiger partial charge in [0.25, 0.3) is 11.8 Å². The fourth-order valence-electron chi connectivity index (χ4n) is 4.40. The SMILES string of the molecule is COc1ccc(CNC(=O)C(=O)[C@@H]2CCCN2C(=O)CNC(=O)c2ccnc3ccccc23)cc1OC. The minimum absolute atomic E-state index is 0.113. The van der Waals surface area contributed by atoms with Gasteiger partial charge in [0.1, 0.15) is 6.04 Å². The van der Waals surface area contributed by atoms with Crippen molar-refractivity contribution in [1.29, 1.82) is 0 Å². The Balaban J connectivity index is 1.34. The number of hydrogen-bond acceptors (Lipinski definition) is 7. The summed E-state index contributed by atoms with van der Waals surface area (Å²) in [7, 11) is 3.04. The second-order valence-corrected chi connectivity index (χ2v) is 8.54. The third-order valence-electron chi connectivity index (χ3n) is 6.29. The zero-order valence-corrected chi connectivity index (χ0v) is 20.7. The van der Waals surface area contributed by atoms with Crippen molar-refractivity contribution >= 4 is 34.4 Å². The minimum Gasteiger partial charge on any atom is -0.493 e. The number of carbonyl (C=O) groups is 4. The van der Waals surface area contributed by atoms with E-state index in [0.29, 0.717) is 47.4 Å². The van der Waals surface area contributed by atoms with E-state index >= 15 is 0 Å². The van der Waals surface area contributed by atoms with Crippen molar-refractivity contribution in [3.05, 3.63) is 65.9 Å². The summed E-state index contributed by atoms with van der Waals surface area (Å²) >= 11 is 0. The first-order valence-corrected chi connectivity index (χ1v) is 11.9. The summed E-state index contributed by atoms with van der Waals surface area (Å²) in [4.78, 5) is 56.7. The van der Waals surface area contributed by atoms with Crippen molar-refractivity contribution < 1.29 is 28.7 Å². The van der Waals surface area contributed by atoms with Crippen LogP contribution in [0.5, 0.6) is 11.5 Å². The number of ketones is 1. The maximum absolute atomic E-state index is 12.9. The van der Waals surface area contributed by atoms with Gasteiger partial charge >= 0.3 is 0 Å². The van der Waals surface area contributed by atoms with Crippen molar-refractivity contribution in [3.8, 4) is 11.5 Å². The van der Waals surface area contributed by atoms with E-state index in [1.165, 1.54) is 25.3 Å². The summed E-state index contributed by atoms with van der Waals surface area (Å²) in [6.07, 6.45) is 2.51. The Labute approximate surface area is 213 Å². The number of fused-ring (bicyclic) bond motifs is 1. The van der Waals surface area contributed by atoms with E-state index in [-0.39, 0.29) is 13.1 Å². The first kappa shape index (κ1) is 25.6. The van der Waals surface area contributed by atoms with Gasteiger partial charge < -0.3 is 25.0 Å². The zero-order chi connectivity index (χ0) is 26.4. The lowest BCUT2D eigenvalue weighted by Crippen LogP contribution is -2.49. The summed E-state index contributed by atoms with van der Waals surface area (Å²) in [5.74, 6) is -1.23. The number of ether oxygens (including phenoxy) is 2. The van der Waals surface area contributed by atoms with Crippen LogP contribution in [0.4, 0.5) is 0 Å². The van der Waals surface area contributed by atoms with Crippen LogP contribution in [0.3, 0.4) is 0 Å². The van der Waals surface area contributed by atoms with Crippen LogP contribution in [0, 0.1) is 0 Å². The second-order valence-electron chi connectivity index (χ2n) is 8.54. The van der Waals surface area contributed by atoms with Gasteiger partial charge in [0, 0.05) is 24.7 Å². The molecule has 4 rings (SSSR count). The smallest absolute Gasteiger partial charge is 0.289 e. The Morgan fingerprint density at radius 2 is 1.78 bits per heavy atom. The number of pyridine rings is 1. The van der Waals surface area contributed by atoms with Gasteiger partial charge in [-0.1, -0.05) is 24.3 Å². The van der Waals surface area contributed by atoms with Gasteiger partial charge in [-0.2, -0.15) is 0 Å². The summed E-state index contributed by atoms with van der Waals surface area (Å²) in [6.45, 7) is 0.167. The van der Waals surface area contributed by atoms with Crippen molar-refractivity contribution in [3.63, 3.8) is 0 Å². The molecule has 2 N–H and O–H groups in total. The molecule has 37 heavy (non-hydrogen) atoms. The van der Waals surface area contributed by atoms with Crippen molar-refractivity contribution in [2.24, 2.45) is 0 Å². The van der Waals surface area contributed by atoms with E-state index in [1.54, 1.807) is 36.4 Å². The molecule has 1 atom stereocenters. The number of Topliss-reactive ketones (excluding diaryl/α,β-unsaturated/α-hetero) is 1. The summed E-state index contributed by atoms with van der Waals surface area (Å²) in [5, 5.41) is 5.92. The van der Waals surface area contributed by atoms with Crippen molar-refractivity contribution in [2.75, 3.05) is 27.3 Å². The molecular formula is C27H28N4O6. The van der Waals surface area contributed by atoms with E-state index in [2.05, 4.69) is 15.6 Å². The third kappa shape index (κ3) is 5.69. The average Bonchev–Trinajstić information content (AvgIpc) is 3.43. The number of methoxy groups -OCH3 is 2. The maximum atomic E-state index is 12.9. The molecule has 3 amide bonds. The number of aromatic nitrogens is 1. The molecule has 0 spiro atoms. The quantitative estimate of drug-likeness (QED) is 0.426.